The smallest absolute Gasteiger partial charge is 0.0891 e. The lowest BCUT2D eigenvalue weighted by Crippen LogP contribution is -3.19. The summed E-state index contributed by atoms with van der Waals surface area (Å²) >= 11 is 0. The fourth-order valence-electron chi connectivity index (χ4n) is 1.93. The minimum absolute atomic E-state index is 0.415. The van der Waals surface area contributed by atoms with Crippen molar-refractivity contribution in [2.24, 2.45) is 0 Å². The standard InChI is InChI=1S/C10H21NO/c1-10(2,3)11-7-5-9(12-4)6-8-11/h9H,5-8H2,1-4H3/p+1. The molecule has 1 rings (SSSR count). The number of nitrogens with one attached hydrogen (secondary N) is 1. The van der Waals surface area contributed by atoms with Crippen molar-refractivity contribution >= 4 is 0 Å². The highest BCUT2D eigenvalue weighted by molar-refractivity contribution is 4.65. The molecule has 0 aromatic heterocycles. The number of rotatable bonds is 1. The van der Waals surface area contributed by atoms with Crippen molar-refractivity contribution in [3.05, 3.63) is 0 Å². The Morgan fingerprint density at radius 3 is 2.00 bits per heavy atom. The molecule has 2 heteroatoms. The van der Waals surface area contributed by atoms with Crippen molar-refractivity contribution in [1.82, 2.24) is 0 Å². The van der Waals surface area contributed by atoms with Gasteiger partial charge in [-0.3, -0.25) is 0 Å². The van der Waals surface area contributed by atoms with E-state index < -0.39 is 0 Å². The molecule has 0 amide bonds. The van der Waals surface area contributed by atoms with Crippen molar-refractivity contribution in [2.45, 2.75) is 45.3 Å². The first-order chi connectivity index (χ1) is 5.54. The minimum atomic E-state index is 0.415. The zero-order valence-corrected chi connectivity index (χ0v) is 8.81. The summed E-state index contributed by atoms with van der Waals surface area (Å²) in [4.78, 5) is 1.72. The normalized spacial score (nSPS) is 32.0. The fraction of sp³-hybridized carbons (Fsp3) is 1.00. The molecule has 0 saturated carbocycles. The molecule has 1 aliphatic rings. The highest BCUT2D eigenvalue weighted by Gasteiger charge is 2.30. The van der Waals surface area contributed by atoms with Crippen LogP contribution < -0.4 is 4.90 Å². The number of piperidine rings is 1. The van der Waals surface area contributed by atoms with Gasteiger partial charge in [0.2, 0.25) is 0 Å². The molecule has 1 N–H and O–H groups in total. The molecule has 0 bridgehead atoms. The maximum atomic E-state index is 5.34. The van der Waals surface area contributed by atoms with E-state index in [9.17, 15) is 0 Å². The van der Waals surface area contributed by atoms with Gasteiger partial charge in [0.05, 0.1) is 24.7 Å². The molecule has 1 aliphatic heterocycles. The Hall–Kier alpha value is -0.0800. The Morgan fingerprint density at radius 2 is 1.67 bits per heavy atom. The Labute approximate surface area is 75.9 Å². The molecule has 1 fully saturated rings. The third-order valence-electron chi connectivity index (χ3n) is 2.93. The lowest BCUT2D eigenvalue weighted by molar-refractivity contribution is -0.951. The van der Waals surface area contributed by atoms with Crippen molar-refractivity contribution in [3.63, 3.8) is 0 Å². The monoisotopic (exact) mass is 172 g/mol. The van der Waals surface area contributed by atoms with Gasteiger partial charge in [0.25, 0.3) is 0 Å². The molecule has 2 nitrogen and oxygen atoms in total. The lowest BCUT2D eigenvalue weighted by atomic mass is 9.99. The number of ether oxygens (including phenoxy) is 1. The van der Waals surface area contributed by atoms with Crippen molar-refractivity contribution in [2.75, 3.05) is 20.2 Å². The van der Waals surface area contributed by atoms with E-state index in [1.807, 2.05) is 7.11 Å². The first-order valence-corrected chi connectivity index (χ1v) is 4.92. The molecule has 0 aliphatic carbocycles. The van der Waals surface area contributed by atoms with Crippen LogP contribution in [-0.2, 0) is 4.74 Å². The number of quaternary nitrogens is 1. The molecule has 1 saturated heterocycles. The average Bonchev–Trinajstić information content (AvgIpc) is 2.03. The van der Waals surface area contributed by atoms with Crippen LogP contribution in [0.25, 0.3) is 0 Å². The summed E-state index contributed by atoms with van der Waals surface area (Å²) in [5, 5.41) is 0. The van der Waals surface area contributed by atoms with Gasteiger partial charge in [-0.1, -0.05) is 0 Å². The summed E-state index contributed by atoms with van der Waals surface area (Å²) in [6.07, 6.45) is 2.97. The first kappa shape index (κ1) is 10.0. The SMILES string of the molecule is COC1CC[NH+](C(C)(C)C)CC1. The van der Waals surface area contributed by atoms with E-state index in [0.29, 0.717) is 11.6 Å². The first-order valence-electron chi connectivity index (χ1n) is 4.92. The summed E-state index contributed by atoms with van der Waals surface area (Å²) in [7, 11) is 1.83. The van der Waals surface area contributed by atoms with Gasteiger partial charge < -0.3 is 9.64 Å². The van der Waals surface area contributed by atoms with Gasteiger partial charge in [-0.15, -0.1) is 0 Å². The summed E-state index contributed by atoms with van der Waals surface area (Å²) in [5.74, 6) is 0. The van der Waals surface area contributed by atoms with E-state index in [4.69, 9.17) is 4.74 Å². The summed E-state index contributed by atoms with van der Waals surface area (Å²) in [6, 6.07) is 0. The van der Waals surface area contributed by atoms with Crippen LogP contribution in [0, 0.1) is 0 Å². The summed E-state index contributed by atoms with van der Waals surface area (Å²) < 4.78 is 5.34. The Bertz CT molecular complexity index is 131. The number of hydrogen-bond acceptors (Lipinski definition) is 1. The second kappa shape index (κ2) is 3.75. The second-order valence-electron chi connectivity index (χ2n) is 4.79. The molecule has 1 heterocycles. The maximum absolute atomic E-state index is 5.34. The van der Waals surface area contributed by atoms with Crippen LogP contribution in [-0.4, -0.2) is 31.8 Å². The second-order valence-corrected chi connectivity index (χ2v) is 4.79. The van der Waals surface area contributed by atoms with Crippen molar-refractivity contribution in [3.8, 4) is 0 Å². The highest BCUT2D eigenvalue weighted by Crippen LogP contribution is 2.05. The van der Waals surface area contributed by atoms with E-state index in [1.165, 1.54) is 25.9 Å². The van der Waals surface area contributed by atoms with Gasteiger partial charge in [-0.2, -0.15) is 0 Å². The van der Waals surface area contributed by atoms with Crippen molar-refractivity contribution in [1.29, 1.82) is 0 Å². The molecule has 0 spiro atoms. The molecule has 0 aromatic rings. The van der Waals surface area contributed by atoms with Crippen LogP contribution in [0.5, 0.6) is 0 Å². The summed E-state index contributed by atoms with van der Waals surface area (Å²) in [6.45, 7) is 9.48. The number of likely N-dealkylation sites (tertiary alicyclic amines) is 1. The van der Waals surface area contributed by atoms with Gasteiger partial charge in [0.15, 0.2) is 0 Å². The van der Waals surface area contributed by atoms with E-state index in [1.54, 1.807) is 4.90 Å². The molecule has 0 atom stereocenters. The Morgan fingerprint density at radius 1 is 1.17 bits per heavy atom. The van der Waals surface area contributed by atoms with Gasteiger partial charge in [0.1, 0.15) is 0 Å². The molecule has 72 valence electrons. The molecule has 12 heavy (non-hydrogen) atoms. The van der Waals surface area contributed by atoms with Crippen LogP contribution in [0.3, 0.4) is 0 Å². The fourth-order valence-corrected chi connectivity index (χ4v) is 1.93. The van der Waals surface area contributed by atoms with Gasteiger partial charge >= 0.3 is 0 Å². The van der Waals surface area contributed by atoms with Crippen LogP contribution >= 0.6 is 0 Å². The van der Waals surface area contributed by atoms with Crippen LogP contribution in [0.4, 0.5) is 0 Å². The van der Waals surface area contributed by atoms with E-state index in [0.717, 1.165) is 0 Å². The van der Waals surface area contributed by atoms with Crippen LogP contribution in [0.2, 0.25) is 0 Å². The summed E-state index contributed by atoms with van der Waals surface area (Å²) in [5.41, 5.74) is 0.415. The molecule has 0 unspecified atom stereocenters. The van der Waals surface area contributed by atoms with E-state index in [-0.39, 0.29) is 0 Å². The van der Waals surface area contributed by atoms with Gasteiger partial charge in [-0.25, -0.2) is 0 Å². The third-order valence-corrected chi connectivity index (χ3v) is 2.93. The van der Waals surface area contributed by atoms with E-state index in [2.05, 4.69) is 20.8 Å². The number of methoxy groups -OCH3 is 1. The Balaban J connectivity index is 2.36. The highest BCUT2D eigenvalue weighted by atomic mass is 16.5. The number of hydrogen-bond donors (Lipinski definition) is 1. The van der Waals surface area contributed by atoms with Crippen LogP contribution in [0.1, 0.15) is 33.6 Å². The molecule has 0 radical (unpaired) electrons. The molecular weight excluding hydrogens is 150 g/mol. The topological polar surface area (TPSA) is 13.7 Å². The van der Waals surface area contributed by atoms with Crippen molar-refractivity contribution < 1.29 is 9.64 Å². The largest absolute Gasteiger partial charge is 0.381 e. The zero-order chi connectivity index (χ0) is 9.19. The van der Waals surface area contributed by atoms with Gasteiger partial charge in [-0.05, 0) is 20.8 Å². The maximum Gasteiger partial charge on any atom is 0.0891 e. The quantitative estimate of drug-likeness (QED) is 0.607. The predicted octanol–water partition coefficient (Wildman–Crippen LogP) is 0.479. The van der Waals surface area contributed by atoms with E-state index >= 15 is 0 Å². The molecule has 0 aromatic carbocycles. The van der Waals surface area contributed by atoms with Crippen LogP contribution in [0.15, 0.2) is 0 Å². The predicted molar refractivity (Wildman–Crippen MR) is 50.5 cm³/mol. The Kier molecular flexibility index (Phi) is 3.13. The zero-order valence-electron chi connectivity index (χ0n) is 8.81. The third kappa shape index (κ3) is 2.46. The minimum Gasteiger partial charge on any atom is -0.381 e. The van der Waals surface area contributed by atoms with Gasteiger partial charge in [0, 0.05) is 20.0 Å². The molecular formula is C10H22NO+. The average molecular weight is 172 g/mol. The lowest BCUT2D eigenvalue weighted by Gasteiger charge is -2.37.